The molecule has 124 valence electrons. The topological polar surface area (TPSA) is 126 Å². The number of ether oxygens (including phenoxy) is 1. The average Bonchev–Trinajstić information content (AvgIpc) is 2.85. The molecule has 1 aromatic carbocycles. The first-order chi connectivity index (χ1) is 11.5. The second-order valence-corrected chi connectivity index (χ2v) is 5.22. The van der Waals surface area contributed by atoms with Gasteiger partial charge in [0, 0.05) is 5.39 Å². The van der Waals surface area contributed by atoms with Gasteiger partial charge in [0.05, 0.1) is 24.7 Å². The highest BCUT2D eigenvalue weighted by Crippen LogP contribution is 2.22. The number of carbonyl (C=O) groups excluding carboxylic acids is 1. The molecule has 1 atom stereocenters. The number of carbonyl (C=O) groups is 2. The minimum Gasteiger partial charge on any atom is -0.497 e. The number of hydrogen-bond donors (Lipinski definition) is 3. The summed E-state index contributed by atoms with van der Waals surface area (Å²) in [6.45, 7) is 1.83. The third kappa shape index (κ3) is 3.09. The molecule has 0 saturated carbocycles. The van der Waals surface area contributed by atoms with Crippen molar-refractivity contribution in [1.29, 1.82) is 0 Å². The Morgan fingerprint density at radius 2 is 2.21 bits per heavy atom. The summed E-state index contributed by atoms with van der Waals surface area (Å²) in [7, 11) is 1.59. The van der Waals surface area contributed by atoms with Crippen LogP contribution in [0.2, 0.25) is 0 Å². The normalized spacial score (nSPS) is 16.7. The molecule has 1 amide bonds. The zero-order valence-electron chi connectivity index (χ0n) is 13.0. The smallest absolute Gasteiger partial charge is 0.306 e. The molecule has 0 saturated heterocycles. The van der Waals surface area contributed by atoms with Crippen molar-refractivity contribution >= 4 is 34.7 Å². The van der Waals surface area contributed by atoms with Crippen molar-refractivity contribution in [3.05, 3.63) is 23.9 Å². The average molecular weight is 329 g/mol. The third-order valence-electron chi connectivity index (χ3n) is 3.52. The zero-order valence-corrected chi connectivity index (χ0v) is 13.0. The Morgan fingerprint density at radius 1 is 1.42 bits per heavy atom. The molecule has 0 radical (unpaired) electrons. The van der Waals surface area contributed by atoms with Crippen LogP contribution < -0.4 is 15.4 Å². The van der Waals surface area contributed by atoms with E-state index >= 15 is 0 Å². The first-order valence-electron chi connectivity index (χ1n) is 7.16. The molecular weight excluding hydrogens is 314 g/mol. The standard InChI is InChI=1S/C15H15N5O4/c1-7-9-5-8(24-2)3-4-10(9)17-14(16-7)20-15-18-11(6-12(21)22)13(23)19-15/h3-5,11H,6H2,1-2H3,(H,21,22)(H2,16,17,18,19,20,23). The number of aliphatic imine (C=N–C) groups is 1. The highest BCUT2D eigenvalue weighted by Gasteiger charge is 2.28. The molecule has 0 aliphatic carbocycles. The number of amides is 1. The maximum absolute atomic E-state index is 11.7. The number of hydrogen-bond acceptors (Lipinski definition) is 7. The van der Waals surface area contributed by atoms with Crippen molar-refractivity contribution in [3.63, 3.8) is 0 Å². The van der Waals surface area contributed by atoms with Crippen molar-refractivity contribution in [3.8, 4) is 5.75 Å². The fourth-order valence-corrected chi connectivity index (χ4v) is 2.36. The van der Waals surface area contributed by atoms with E-state index in [1.54, 1.807) is 19.2 Å². The summed E-state index contributed by atoms with van der Waals surface area (Å²) in [6, 6.07) is 4.48. The predicted molar refractivity (Wildman–Crippen MR) is 86.1 cm³/mol. The van der Waals surface area contributed by atoms with Gasteiger partial charge in [0.2, 0.25) is 11.9 Å². The van der Waals surface area contributed by atoms with Gasteiger partial charge in [-0.2, -0.15) is 0 Å². The highest BCUT2D eigenvalue weighted by molar-refractivity contribution is 6.10. The number of aliphatic carboxylic acids is 1. The fourth-order valence-electron chi connectivity index (χ4n) is 2.36. The number of nitrogens with one attached hydrogen (secondary N) is 2. The summed E-state index contributed by atoms with van der Waals surface area (Å²) in [5, 5.41) is 14.9. The molecule has 0 fully saturated rings. The van der Waals surface area contributed by atoms with E-state index in [2.05, 4.69) is 25.6 Å². The Balaban J connectivity index is 1.86. The number of rotatable bonds is 4. The van der Waals surface area contributed by atoms with Gasteiger partial charge in [-0.25, -0.2) is 15.0 Å². The van der Waals surface area contributed by atoms with Gasteiger partial charge in [-0.3, -0.25) is 20.2 Å². The van der Waals surface area contributed by atoms with Crippen LogP contribution in [0.25, 0.3) is 10.9 Å². The predicted octanol–water partition coefficient (Wildman–Crippen LogP) is 0.688. The summed E-state index contributed by atoms with van der Waals surface area (Å²) < 4.78 is 5.18. The van der Waals surface area contributed by atoms with Crippen LogP contribution in [0.1, 0.15) is 12.1 Å². The maximum atomic E-state index is 11.7. The number of carboxylic acid groups (broad SMARTS) is 1. The number of benzene rings is 1. The molecule has 1 unspecified atom stereocenters. The van der Waals surface area contributed by atoms with Crippen LogP contribution in [0, 0.1) is 6.92 Å². The number of guanidine groups is 1. The third-order valence-corrected chi connectivity index (χ3v) is 3.52. The van der Waals surface area contributed by atoms with Crippen LogP contribution in [0.4, 0.5) is 5.95 Å². The molecule has 1 aliphatic heterocycles. The van der Waals surface area contributed by atoms with Crippen LogP contribution in [-0.2, 0) is 9.59 Å². The van der Waals surface area contributed by atoms with Crippen molar-refractivity contribution in [2.45, 2.75) is 19.4 Å². The highest BCUT2D eigenvalue weighted by atomic mass is 16.5. The molecule has 1 aromatic heterocycles. The molecular formula is C15H15N5O4. The summed E-state index contributed by atoms with van der Waals surface area (Å²) in [4.78, 5) is 35.1. The fraction of sp³-hybridized carbons (Fsp3) is 0.267. The van der Waals surface area contributed by atoms with Gasteiger partial charge in [-0.15, -0.1) is 0 Å². The number of methoxy groups -OCH3 is 1. The quantitative estimate of drug-likeness (QED) is 0.753. The lowest BCUT2D eigenvalue weighted by molar-refractivity contribution is -0.139. The lowest BCUT2D eigenvalue weighted by Crippen LogP contribution is -2.33. The SMILES string of the molecule is COc1ccc2nc(NC3=NC(CC(=O)O)C(=O)N3)nc(C)c2c1. The van der Waals surface area contributed by atoms with Crippen LogP contribution in [-0.4, -0.2) is 46.1 Å². The van der Waals surface area contributed by atoms with Crippen molar-refractivity contribution in [2.24, 2.45) is 4.99 Å². The van der Waals surface area contributed by atoms with E-state index in [1.807, 2.05) is 13.0 Å². The number of fused-ring (bicyclic) bond motifs is 1. The van der Waals surface area contributed by atoms with Gasteiger partial charge in [-0.05, 0) is 25.1 Å². The van der Waals surface area contributed by atoms with Gasteiger partial charge in [-0.1, -0.05) is 0 Å². The van der Waals surface area contributed by atoms with E-state index in [9.17, 15) is 9.59 Å². The van der Waals surface area contributed by atoms with Gasteiger partial charge < -0.3 is 9.84 Å². The summed E-state index contributed by atoms with van der Waals surface area (Å²) >= 11 is 0. The summed E-state index contributed by atoms with van der Waals surface area (Å²) in [6.07, 6.45) is -0.367. The van der Waals surface area contributed by atoms with Crippen LogP contribution >= 0.6 is 0 Å². The number of carboxylic acids is 1. The minimum absolute atomic E-state index is 0.138. The Kier molecular flexibility index (Phi) is 3.98. The monoisotopic (exact) mass is 329 g/mol. The van der Waals surface area contributed by atoms with E-state index in [0.29, 0.717) is 11.3 Å². The molecule has 9 heteroatoms. The minimum atomic E-state index is -1.09. The molecule has 2 heterocycles. The molecule has 24 heavy (non-hydrogen) atoms. The molecule has 9 nitrogen and oxygen atoms in total. The van der Waals surface area contributed by atoms with Crippen molar-refractivity contribution < 1.29 is 19.4 Å². The summed E-state index contributed by atoms with van der Waals surface area (Å²) in [5.74, 6) is -0.452. The zero-order chi connectivity index (χ0) is 17.3. The van der Waals surface area contributed by atoms with Gasteiger partial charge in [0.25, 0.3) is 5.91 Å². The number of anilines is 1. The molecule has 3 rings (SSSR count). The van der Waals surface area contributed by atoms with Gasteiger partial charge in [0.1, 0.15) is 11.8 Å². The number of aromatic nitrogens is 2. The molecule has 1 aliphatic rings. The van der Waals surface area contributed by atoms with Gasteiger partial charge in [0.15, 0.2) is 0 Å². The largest absolute Gasteiger partial charge is 0.497 e. The summed E-state index contributed by atoms with van der Waals surface area (Å²) in [5.41, 5.74) is 1.44. The maximum Gasteiger partial charge on any atom is 0.306 e. The lowest BCUT2D eigenvalue weighted by Gasteiger charge is -2.08. The molecule has 2 aromatic rings. The number of aryl methyl sites for hydroxylation is 1. The van der Waals surface area contributed by atoms with E-state index < -0.39 is 17.9 Å². The van der Waals surface area contributed by atoms with Crippen LogP contribution in [0.15, 0.2) is 23.2 Å². The van der Waals surface area contributed by atoms with E-state index in [1.165, 1.54) is 0 Å². The first kappa shape index (κ1) is 15.7. The van der Waals surface area contributed by atoms with Crippen molar-refractivity contribution in [1.82, 2.24) is 15.3 Å². The van der Waals surface area contributed by atoms with E-state index in [-0.39, 0.29) is 18.3 Å². The molecule has 0 bridgehead atoms. The second-order valence-electron chi connectivity index (χ2n) is 5.22. The van der Waals surface area contributed by atoms with E-state index in [4.69, 9.17) is 9.84 Å². The Morgan fingerprint density at radius 3 is 2.92 bits per heavy atom. The van der Waals surface area contributed by atoms with E-state index in [0.717, 1.165) is 11.1 Å². The van der Waals surface area contributed by atoms with Crippen molar-refractivity contribution in [2.75, 3.05) is 12.4 Å². The lowest BCUT2D eigenvalue weighted by atomic mass is 10.2. The Labute approximate surface area is 136 Å². The number of nitrogens with zero attached hydrogens (tertiary/aromatic N) is 3. The Hall–Kier alpha value is -3.23. The molecule has 3 N–H and O–H groups in total. The van der Waals surface area contributed by atoms with Crippen LogP contribution in [0.5, 0.6) is 5.75 Å². The van der Waals surface area contributed by atoms with Gasteiger partial charge >= 0.3 is 5.97 Å². The first-order valence-corrected chi connectivity index (χ1v) is 7.16. The second kappa shape index (κ2) is 6.11. The van der Waals surface area contributed by atoms with Crippen LogP contribution in [0.3, 0.4) is 0 Å². The molecule has 0 spiro atoms. The Bertz CT molecular complexity index is 864.